The molecule has 106 valence electrons. The number of carbonyl (C=O) groups is 1. The van der Waals surface area contributed by atoms with Gasteiger partial charge in [-0.3, -0.25) is 0 Å². The van der Waals surface area contributed by atoms with E-state index in [4.69, 9.17) is 9.47 Å². The molecule has 1 aliphatic rings. The number of esters is 1. The summed E-state index contributed by atoms with van der Waals surface area (Å²) in [6, 6.07) is 16.1. The third-order valence-electron chi connectivity index (χ3n) is 3.41. The molecule has 4 heteroatoms. The molecule has 1 atom stereocenters. The quantitative estimate of drug-likeness (QED) is 0.878. The van der Waals surface area contributed by atoms with Gasteiger partial charge in [-0.25, -0.2) is 4.79 Å². The largest absolute Gasteiger partial charge is 0.507 e. The van der Waals surface area contributed by atoms with Crippen LogP contribution >= 0.6 is 0 Å². The Morgan fingerprint density at radius 1 is 1.05 bits per heavy atom. The van der Waals surface area contributed by atoms with Crippen molar-refractivity contribution in [3.63, 3.8) is 0 Å². The fourth-order valence-corrected chi connectivity index (χ4v) is 2.33. The van der Waals surface area contributed by atoms with Crippen molar-refractivity contribution in [2.75, 3.05) is 7.11 Å². The molecule has 1 heterocycles. The standard InChI is InChI=1S/C17H14O4/c1-20-13-9-7-11(8-10-13)14-15(18)16(21-17(14)19)12-5-3-2-4-6-12/h2-10,16,18H,1H3/t16-/m0/s1. The van der Waals surface area contributed by atoms with Crippen molar-refractivity contribution in [3.8, 4) is 5.75 Å². The molecular formula is C17H14O4. The van der Waals surface area contributed by atoms with Crippen LogP contribution in [0.25, 0.3) is 5.57 Å². The molecule has 4 nitrogen and oxygen atoms in total. The maximum atomic E-state index is 12.1. The number of aliphatic hydroxyl groups excluding tert-OH is 1. The van der Waals surface area contributed by atoms with Gasteiger partial charge in [-0.1, -0.05) is 42.5 Å². The van der Waals surface area contributed by atoms with Crippen LogP contribution in [-0.2, 0) is 9.53 Å². The fourth-order valence-electron chi connectivity index (χ4n) is 2.33. The molecule has 0 fully saturated rings. The van der Waals surface area contributed by atoms with Crippen LogP contribution in [0.1, 0.15) is 17.2 Å². The minimum atomic E-state index is -0.740. The third kappa shape index (κ3) is 2.36. The summed E-state index contributed by atoms with van der Waals surface area (Å²) in [5.74, 6) is 0.104. The maximum absolute atomic E-state index is 12.1. The number of benzene rings is 2. The number of hydrogen-bond donors (Lipinski definition) is 1. The van der Waals surface area contributed by atoms with Crippen LogP contribution in [0.4, 0.5) is 0 Å². The van der Waals surface area contributed by atoms with E-state index in [-0.39, 0.29) is 11.3 Å². The minimum absolute atomic E-state index is 0.0589. The van der Waals surface area contributed by atoms with E-state index < -0.39 is 12.1 Å². The molecule has 3 rings (SSSR count). The first-order chi connectivity index (χ1) is 10.2. The van der Waals surface area contributed by atoms with Gasteiger partial charge in [0.1, 0.15) is 11.3 Å². The van der Waals surface area contributed by atoms with Crippen molar-refractivity contribution < 1.29 is 19.4 Å². The second kappa shape index (κ2) is 5.32. The van der Waals surface area contributed by atoms with E-state index in [1.807, 2.05) is 30.3 Å². The summed E-state index contributed by atoms with van der Waals surface area (Å²) in [4.78, 5) is 12.1. The second-order valence-corrected chi connectivity index (χ2v) is 4.68. The Morgan fingerprint density at radius 2 is 1.71 bits per heavy atom. The molecule has 2 aromatic rings. The van der Waals surface area contributed by atoms with Gasteiger partial charge < -0.3 is 14.6 Å². The number of cyclic esters (lactones) is 1. The van der Waals surface area contributed by atoms with E-state index in [9.17, 15) is 9.90 Å². The number of methoxy groups -OCH3 is 1. The lowest BCUT2D eigenvalue weighted by molar-refractivity contribution is -0.138. The molecule has 0 unspecified atom stereocenters. The van der Waals surface area contributed by atoms with Gasteiger partial charge in [-0.15, -0.1) is 0 Å². The van der Waals surface area contributed by atoms with E-state index in [0.717, 1.165) is 5.56 Å². The summed E-state index contributed by atoms with van der Waals surface area (Å²) in [7, 11) is 1.57. The van der Waals surface area contributed by atoms with Crippen LogP contribution < -0.4 is 4.74 Å². The van der Waals surface area contributed by atoms with Crippen LogP contribution in [0.5, 0.6) is 5.75 Å². The van der Waals surface area contributed by atoms with E-state index >= 15 is 0 Å². The number of aliphatic hydroxyl groups is 1. The van der Waals surface area contributed by atoms with Crippen molar-refractivity contribution in [1.29, 1.82) is 0 Å². The van der Waals surface area contributed by atoms with E-state index in [1.54, 1.807) is 31.4 Å². The molecule has 0 saturated carbocycles. The van der Waals surface area contributed by atoms with Gasteiger partial charge in [0.05, 0.1) is 7.11 Å². The van der Waals surface area contributed by atoms with Crippen molar-refractivity contribution in [2.24, 2.45) is 0 Å². The van der Waals surface area contributed by atoms with Crippen LogP contribution in [-0.4, -0.2) is 18.2 Å². The van der Waals surface area contributed by atoms with Crippen molar-refractivity contribution in [2.45, 2.75) is 6.10 Å². The number of ether oxygens (including phenoxy) is 2. The third-order valence-corrected chi connectivity index (χ3v) is 3.41. The highest BCUT2D eigenvalue weighted by molar-refractivity contribution is 6.19. The Labute approximate surface area is 122 Å². The second-order valence-electron chi connectivity index (χ2n) is 4.68. The highest BCUT2D eigenvalue weighted by Gasteiger charge is 2.35. The Morgan fingerprint density at radius 3 is 2.33 bits per heavy atom. The molecule has 0 amide bonds. The van der Waals surface area contributed by atoms with Gasteiger partial charge in [0.25, 0.3) is 0 Å². The van der Waals surface area contributed by atoms with E-state index in [1.165, 1.54) is 0 Å². The molecule has 0 aliphatic carbocycles. The lowest BCUT2D eigenvalue weighted by atomic mass is 10.0. The lowest BCUT2D eigenvalue weighted by Crippen LogP contribution is -2.03. The minimum Gasteiger partial charge on any atom is -0.507 e. The molecular weight excluding hydrogens is 268 g/mol. The Balaban J connectivity index is 2.00. The first-order valence-corrected chi connectivity index (χ1v) is 6.54. The van der Waals surface area contributed by atoms with Crippen molar-refractivity contribution in [1.82, 2.24) is 0 Å². The van der Waals surface area contributed by atoms with Crippen LogP contribution in [0, 0.1) is 0 Å². The van der Waals surface area contributed by atoms with Crippen molar-refractivity contribution in [3.05, 3.63) is 71.5 Å². The predicted molar refractivity (Wildman–Crippen MR) is 77.8 cm³/mol. The molecule has 0 saturated heterocycles. The van der Waals surface area contributed by atoms with Crippen LogP contribution in [0.2, 0.25) is 0 Å². The van der Waals surface area contributed by atoms with Gasteiger partial charge in [-0.2, -0.15) is 0 Å². The molecule has 0 bridgehead atoms. The van der Waals surface area contributed by atoms with Gasteiger partial charge >= 0.3 is 5.97 Å². The zero-order valence-corrected chi connectivity index (χ0v) is 11.4. The van der Waals surface area contributed by atoms with Crippen LogP contribution in [0.3, 0.4) is 0 Å². The van der Waals surface area contributed by atoms with Gasteiger partial charge in [0.15, 0.2) is 11.9 Å². The van der Waals surface area contributed by atoms with E-state index in [2.05, 4.69) is 0 Å². The zero-order chi connectivity index (χ0) is 14.8. The zero-order valence-electron chi connectivity index (χ0n) is 11.4. The summed E-state index contributed by atoms with van der Waals surface area (Å²) >= 11 is 0. The van der Waals surface area contributed by atoms with Gasteiger partial charge in [0.2, 0.25) is 0 Å². The first kappa shape index (κ1) is 13.2. The molecule has 0 aromatic heterocycles. The van der Waals surface area contributed by atoms with Crippen molar-refractivity contribution >= 4 is 11.5 Å². The Bertz CT molecular complexity index is 686. The van der Waals surface area contributed by atoms with Gasteiger partial charge in [0, 0.05) is 5.56 Å². The van der Waals surface area contributed by atoms with E-state index in [0.29, 0.717) is 11.3 Å². The molecule has 1 aliphatic heterocycles. The number of hydrogen-bond acceptors (Lipinski definition) is 4. The number of carbonyl (C=O) groups excluding carboxylic acids is 1. The molecule has 0 radical (unpaired) electrons. The SMILES string of the molecule is COc1ccc(C2=C(O)[C@H](c3ccccc3)OC2=O)cc1. The lowest BCUT2D eigenvalue weighted by Gasteiger charge is -2.09. The monoisotopic (exact) mass is 282 g/mol. The smallest absolute Gasteiger partial charge is 0.343 e. The molecule has 21 heavy (non-hydrogen) atoms. The molecule has 1 N–H and O–H groups in total. The summed E-state index contributed by atoms with van der Waals surface area (Å²) in [5.41, 5.74) is 1.55. The summed E-state index contributed by atoms with van der Waals surface area (Å²) in [6.07, 6.45) is -0.740. The summed E-state index contributed by atoms with van der Waals surface area (Å²) in [6.45, 7) is 0. The Kier molecular flexibility index (Phi) is 3.36. The summed E-state index contributed by atoms with van der Waals surface area (Å²) < 4.78 is 10.4. The molecule has 0 spiro atoms. The topological polar surface area (TPSA) is 55.8 Å². The predicted octanol–water partition coefficient (Wildman–Crippen LogP) is 3.26. The normalized spacial score (nSPS) is 17.8. The highest BCUT2D eigenvalue weighted by atomic mass is 16.6. The highest BCUT2D eigenvalue weighted by Crippen LogP contribution is 2.38. The average Bonchev–Trinajstić information content (AvgIpc) is 2.83. The molecule has 2 aromatic carbocycles. The van der Waals surface area contributed by atoms with Gasteiger partial charge in [-0.05, 0) is 17.7 Å². The Hall–Kier alpha value is -2.75. The van der Waals surface area contributed by atoms with Crippen LogP contribution in [0.15, 0.2) is 60.4 Å². The summed E-state index contributed by atoms with van der Waals surface area (Å²) in [5, 5.41) is 10.4. The maximum Gasteiger partial charge on any atom is 0.343 e. The average molecular weight is 282 g/mol. The first-order valence-electron chi connectivity index (χ1n) is 6.54. The number of rotatable bonds is 3. The fraction of sp³-hybridized carbons (Fsp3) is 0.118.